The Kier molecular flexibility index (Phi) is 21.8. The number of unbranched alkanes of at least 4 members (excludes halogenated alkanes) is 4. The van der Waals surface area contributed by atoms with Crippen molar-refractivity contribution in [1.82, 2.24) is 20.4 Å². The van der Waals surface area contributed by atoms with E-state index in [0.717, 1.165) is 62.9 Å². The van der Waals surface area contributed by atoms with Crippen LogP contribution >= 0.6 is 0 Å². The molecule has 56 heavy (non-hydrogen) atoms. The molecule has 312 valence electrons. The number of benzene rings is 2. The fourth-order valence-electron chi connectivity index (χ4n) is 6.18. The predicted molar refractivity (Wildman–Crippen MR) is 217 cm³/mol. The Hall–Kier alpha value is -4.53. The summed E-state index contributed by atoms with van der Waals surface area (Å²) in [4.78, 5) is 61.5. The van der Waals surface area contributed by atoms with Crippen LogP contribution in [0.15, 0.2) is 40.8 Å². The van der Waals surface area contributed by atoms with E-state index < -0.39 is 36.4 Å². The lowest BCUT2D eigenvalue weighted by atomic mass is 9.96. The number of carbonyl (C=O) groups is 5. The second-order valence-electron chi connectivity index (χ2n) is 14.3. The molecule has 0 fully saturated rings. The van der Waals surface area contributed by atoms with Gasteiger partial charge in [-0.1, -0.05) is 53.4 Å². The number of furan rings is 1. The Morgan fingerprint density at radius 2 is 0.911 bits per heavy atom. The van der Waals surface area contributed by atoms with Crippen molar-refractivity contribution in [3.63, 3.8) is 0 Å². The van der Waals surface area contributed by atoms with Crippen LogP contribution in [0.2, 0.25) is 0 Å². The van der Waals surface area contributed by atoms with Crippen molar-refractivity contribution < 1.29 is 48.8 Å². The molecule has 6 N–H and O–H groups in total. The quantitative estimate of drug-likeness (QED) is 0.0465. The summed E-state index contributed by atoms with van der Waals surface area (Å²) in [5, 5.41) is 41.7. The fourth-order valence-corrected chi connectivity index (χ4v) is 6.18. The molecule has 3 rings (SSSR count). The van der Waals surface area contributed by atoms with E-state index in [-0.39, 0.29) is 11.8 Å². The number of carboxylic acids is 3. The number of aliphatic carboxylic acids is 3. The highest BCUT2D eigenvalue weighted by Gasteiger charge is 2.40. The molecule has 0 unspecified atom stereocenters. The second kappa shape index (κ2) is 25.6. The number of nitrogens with zero attached hydrogens (tertiary/aromatic N) is 2. The van der Waals surface area contributed by atoms with E-state index in [1.807, 2.05) is 36.4 Å². The van der Waals surface area contributed by atoms with Gasteiger partial charge < -0.3 is 45.3 Å². The van der Waals surface area contributed by atoms with Crippen LogP contribution in [0.25, 0.3) is 21.9 Å². The number of carbonyl (C=O) groups excluding carboxylic acids is 2. The van der Waals surface area contributed by atoms with Crippen LogP contribution in [0.3, 0.4) is 0 Å². The molecular formula is C42H64N4O10. The summed E-state index contributed by atoms with van der Waals surface area (Å²) in [7, 11) is 0. The minimum Gasteiger partial charge on any atom is -0.481 e. The summed E-state index contributed by atoms with van der Waals surface area (Å²) >= 11 is 0. The SMILES string of the molecule is CCCCN(CCCC)CCCNC(=O)c1ccc2oc3ccc(C(=O)NCCCN(CCCC)CCCC)cc3c2c1.O=C(O)CC(O)(CC(=O)O)C(=O)O. The Bertz CT molecular complexity index is 1560. The third kappa shape index (κ3) is 16.7. The topological polar surface area (TPSA) is 210 Å². The number of amides is 2. The van der Waals surface area contributed by atoms with Crippen molar-refractivity contribution in [2.24, 2.45) is 0 Å². The number of hydrogen-bond acceptors (Lipinski definition) is 9. The zero-order valence-electron chi connectivity index (χ0n) is 33.7. The Balaban J connectivity index is 0.000000711. The van der Waals surface area contributed by atoms with Gasteiger partial charge in [-0.05, 0) is 114 Å². The number of hydrogen-bond donors (Lipinski definition) is 6. The van der Waals surface area contributed by atoms with Crippen molar-refractivity contribution >= 4 is 51.7 Å². The first-order valence-electron chi connectivity index (χ1n) is 20.1. The molecule has 14 heteroatoms. The Morgan fingerprint density at radius 3 is 1.21 bits per heavy atom. The Morgan fingerprint density at radius 1 is 0.571 bits per heavy atom. The lowest BCUT2D eigenvalue weighted by Crippen LogP contribution is -2.42. The van der Waals surface area contributed by atoms with Crippen molar-refractivity contribution in [1.29, 1.82) is 0 Å². The molecular weight excluding hydrogens is 720 g/mol. The highest BCUT2D eigenvalue weighted by atomic mass is 16.4. The van der Waals surface area contributed by atoms with Gasteiger partial charge in [-0.25, -0.2) is 4.79 Å². The molecule has 0 spiro atoms. The van der Waals surface area contributed by atoms with E-state index in [4.69, 9.17) is 24.8 Å². The molecule has 0 aliphatic heterocycles. The molecule has 0 saturated heterocycles. The molecule has 0 bridgehead atoms. The van der Waals surface area contributed by atoms with Crippen molar-refractivity contribution in [3.8, 4) is 0 Å². The van der Waals surface area contributed by atoms with Gasteiger partial charge >= 0.3 is 17.9 Å². The van der Waals surface area contributed by atoms with Gasteiger partial charge in [-0.15, -0.1) is 0 Å². The van der Waals surface area contributed by atoms with Crippen molar-refractivity contribution in [3.05, 3.63) is 47.5 Å². The van der Waals surface area contributed by atoms with Crippen molar-refractivity contribution in [2.75, 3.05) is 52.4 Å². The second-order valence-corrected chi connectivity index (χ2v) is 14.3. The third-order valence-corrected chi connectivity index (χ3v) is 9.46. The number of carboxylic acid groups (broad SMARTS) is 3. The summed E-state index contributed by atoms with van der Waals surface area (Å²) < 4.78 is 6.03. The van der Waals surface area contributed by atoms with Crippen LogP contribution in [0, 0.1) is 0 Å². The first kappa shape index (κ1) is 47.6. The third-order valence-electron chi connectivity index (χ3n) is 9.46. The average molecular weight is 785 g/mol. The minimum atomic E-state index is -2.74. The molecule has 3 aromatic rings. The van der Waals surface area contributed by atoms with E-state index >= 15 is 0 Å². The van der Waals surface area contributed by atoms with Gasteiger partial charge in [-0.3, -0.25) is 19.2 Å². The molecule has 2 amide bonds. The van der Waals surface area contributed by atoms with Crippen LogP contribution in [0.4, 0.5) is 0 Å². The van der Waals surface area contributed by atoms with Gasteiger partial charge in [0, 0.05) is 35.0 Å². The molecule has 2 aromatic carbocycles. The predicted octanol–water partition coefficient (Wildman–Crippen LogP) is 6.38. The highest BCUT2D eigenvalue weighted by Crippen LogP contribution is 2.30. The van der Waals surface area contributed by atoms with E-state index in [1.54, 1.807) is 0 Å². The maximum atomic E-state index is 13.0. The largest absolute Gasteiger partial charge is 0.481 e. The average Bonchev–Trinajstić information content (AvgIpc) is 3.53. The summed E-state index contributed by atoms with van der Waals surface area (Å²) in [6.45, 7) is 16.7. The minimum absolute atomic E-state index is 0.0780. The van der Waals surface area contributed by atoms with E-state index in [9.17, 15) is 24.0 Å². The fraction of sp³-hybridized carbons (Fsp3) is 0.595. The number of aliphatic hydroxyl groups is 1. The van der Waals surface area contributed by atoms with Gasteiger partial charge in [0.1, 0.15) is 11.2 Å². The maximum Gasteiger partial charge on any atom is 0.336 e. The molecule has 0 saturated carbocycles. The van der Waals surface area contributed by atoms with Gasteiger partial charge in [0.15, 0.2) is 5.60 Å². The van der Waals surface area contributed by atoms with Crippen LogP contribution < -0.4 is 10.6 Å². The molecule has 0 radical (unpaired) electrons. The Labute approximate surface area is 330 Å². The zero-order valence-corrected chi connectivity index (χ0v) is 33.7. The van der Waals surface area contributed by atoms with Crippen molar-refractivity contribution in [2.45, 2.75) is 110 Å². The molecule has 0 aliphatic carbocycles. The standard InChI is InChI=1S/C36H56N4O3.C6H8O7/c1-5-9-21-39(22-10-6-2)25-13-19-37-35(41)29-15-17-33-31(27-29)32-28-30(16-18-34(32)43-33)36(42)38-20-14-26-40(23-11-7-3)24-12-8-4;7-3(8)1-6(13,5(11)12)2-4(9)10/h15-18,27-28H,5-14,19-26H2,1-4H3,(H,37,41)(H,38,42);13H,1-2H2,(H,7,8)(H,9,10)(H,11,12). The maximum absolute atomic E-state index is 13.0. The van der Waals surface area contributed by atoms with Gasteiger partial charge in [0.2, 0.25) is 0 Å². The van der Waals surface area contributed by atoms with Crippen LogP contribution in [0.5, 0.6) is 0 Å². The number of fused-ring (bicyclic) bond motifs is 3. The van der Waals surface area contributed by atoms with Crippen LogP contribution in [-0.4, -0.2) is 118 Å². The highest BCUT2D eigenvalue weighted by molar-refractivity contribution is 6.10. The molecule has 0 aliphatic rings. The number of nitrogens with one attached hydrogen (secondary N) is 2. The number of rotatable bonds is 27. The normalized spacial score (nSPS) is 11.5. The van der Waals surface area contributed by atoms with E-state index in [1.165, 1.54) is 51.4 Å². The monoisotopic (exact) mass is 784 g/mol. The zero-order chi connectivity index (χ0) is 41.5. The summed E-state index contributed by atoms with van der Waals surface area (Å²) in [6, 6.07) is 11.1. The van der Waals surface area contributed by atoms with Gasteiger partial charge in [-0.2, -0.15) is 0 Å². The van der Waals surface area contributed by atoms with Crippen LogP contribution in [0.1, 0.15) is 125 Å². The molecule has 0 atom stereocenters. The van der Waals surface area contributed by atoms with Crippen LogP contribution in [-0.2, 0) is 14.4 Å². The summed E-state index contributed by atoms with van der Waals surface area (Å²) in [5.74, 6) is -5.17. The summed E-state index contributed by atoms with van der Waals surface area (Å²) in [6.07, 6.45) is 9.26. The van der Waals surface area contributed by atoms with E-state index in [2.05, 4.69) is 48.1 Å². The smallest absolute Gasteiger partial charge is 0.336 e. The molecule has 1 heterocycles. The molecule has 1 aromatic heterocycles. The lowest BCUT2D eigenvalue weighted by Gasteiger charge is -2.21. The van der Waals surface area contributed by atoms with Gasteiger partial charge in [0.05, 0.1) is 12.8 Å². The lowest BCUT2D eigenvalue weighted by molar-refractivity contribution is -0.170. The first-order chi connectivity index (χ1) is 26.8. The van der Waals surface area contributed by atoms with E-state index in [0.29, 0.717) is 35.4 Å². The summed E-state index contributed by atoms with van der Waals surface area (Å²) in [5.41, 5.74) is -0.0987. The molecule has 14 nitrogen and oxygen atoms in total. The first-order valence-corrected chi connectivity index (χ1v) is 20.1. The van der Waals surface area contributed by atoms with Gasteiger partial charge in [0.25, 0.3) is 11.8 Å².